The van der Waals surface area contributed by atoms with Gasteiger partial charge in [0.15, 0.2) is 0 Å². The van der Waals surface area contributed by atoms with Crippen molar-refractivity contribution in [2.75, 3.05) is 5.32 Å². The number of rotatable bonds is 4. The van der Waals surface area contributed by atoms with E-state index in [-0.39, 0.29) is 5.69 Å². The average Bonchev–Trinajstić information content (AvgIpc) is 3.04. The number of carbonyl (C=O) groups excluding carboxylic acids is 1. The van der Waals surface area contributed by atoms with Crippen molar-refractivity contribution < 1.29 is 13.6 Å². The fourth-order valence-electron chi connectivity index (χ4n) is 3.20. The number of nitrogens with zero attached hydrogens (tertiary/aromatic N) is 2. The van der Waals surface area contributed by atoms with Crippen molar-refractivity contribution in [2.45, 2.75) is 42.9 Å². The number of amides is 1. The van der Waals surface area contributed by atoms with Crippen molar-refractivity contribution >= 4 is 44.9 Å². The molecule has 1 N–H and O–H groups in total. The lowest BCUT2D eigenvalue weighted by Crippen LogP contribution is -2.23. The van der Waals surface area contributed by atoms with Gasteiger partial charge in [0.1, 0.15) is 27.8 Å². The highest BCUT2D eigenvalue weighted by Gasteiger charge is 2.23. The van der Waals surface area contributed by atoms with Crippen molar-refractivity contribution in [3.63, 3.8) is 0 Å². The summed E-state index contributed by atoms with van der Waals surface area (Å²) in [5.74, 6) is -1.67. The molecule has 1 aromatic carbocycles. The van der Waals surface area contributed by atoms with Crippen LogP contribution in [0.15, 0.2) is 29.6 Å². The second kappa shape index (κ2) is 7.52. The standard InChI is InChI=1S/C19H17F2N3OS2/c1-10(17(25)24-14-8-11(20)6-7-13(14)21)26-18-16-12-4-2-3-5-15(12)27-19(16)23-9-22-18/h6-10H,2-5H2,1H3,(H,24,25)/t10-/m0/s1. The lowest BCUT2D eigenvalue weighted by atomic mass is 9.97. The lowest BCUT2D eigenvalue weighted by molar-refractivity contribution is -0.115. The second-order valence-corrected chi connectivity index (χ2v) is 8.86. The maximum Gasteiger partial charge on any atom is 0.237 e. The third kappa shape index (κ3) is 3.68. The Kier molecular flexibility index (Phi) is 5.10. The van der Waals surface area contributed by atoms with E-state index in [1.807, 2.05) is 0 Å². The van der Waals surface area contributed by atoms with Gasteiger partial charge in [0, 0.05) is 16.3 Å². The summed E-state index contributed by atoms with van der Waals surface area (Å²) in [6, 6.07) is 2.98. The van der Waals surface area contributed by atoms with Gasteiger partial charge in [0.25, 0.3) is 0 Å². The van der Waals surface area contributed by atoms with Crippen molar-refractivity contribution in [2.24, 2.45) is 0 Å². The van der Waals surface area contributed by atoms with Gasteiger partial charge in [-0.1, -0.05) is 11.8 Å². The number of fused-ring (bicyclic) bond motifs is 3. The van der Waals surface area contributed by atoms with Gasteiger partial charge in [-0.2, -0.15) is 0 Å². The molecule has 0 radical (unpaired) electrons. The van der Waals surface area contributed by atoms with Crippen LogP contribution in [0.25, 0.3) is 10.2 Å². The van der Waals surface area contributed by atoms with Crippen LogP contribution in [0, 0.1) is 11.6 Å². The summed E-state index contributed by atoms with van der Waals surface area (Å²) >= 11 is 3.01. The first-order valence-corrected chi connectivity index (χ1v) is 10.4. The smallest absolute Gasteiger partial charge is 0.237 e. The molecular formula is C19H17F2N3OS2. The summed E-state index contributed by atoms with van der Waals surface area (Å²) in [5, 5.41) is 3.74. The molecule has 2 aromatic heterocycles. The van der Waals surface area contributed by atoms with Crippen LogP contribution in [-0.2, 0) is 17.6 Å². The molecule has 1 aliphatic rings. The van der Waals surface area contributed by atoms with Crippen molar-refractivity contribution in [1.29, 1.82) is 0 Å². The average molecular weight is 405 g/mol. The molecule has 4 rings (SSSR count). The van der Waals surface area contributed by atoms with Gasteiger partial charge in [-0.15, -0.1) is 11.3 Å². The SMILES string of the molecule is C[C@H](Sc1ncnc2sc3c(c12)CCCC3)C(=O)Nc1cc(F)ccc1F. The first-order chi connectivity index (χ1) is 13.0. The Morgan fingerprint density at radius 2 is 2.07 bits per heavy atom. The Morgan fingerprint density at radius 3 is 2.93 bits per heavy atom. The van der Waals surface area contributed by atoms with Crippen LogP contribution in [0.4, 0.5) is 14.5 Å². The minimum Gasteiger partial charge on any atom is -0.323 e. The topological polar surface area (TPSA) is 54.9 Å². The zero-order valence-electron chi connectivity index (χ0n) is 14.6. The highest BCUT2D eigenvalue weighted by Crippen LogP contribution is 2.40. The van der Waals surface area contributed by atoms with Crippen molar-refractivity contribution in [1.82, 2.24) is 9.97 Å². The Hall–Kier alpha value is -2.06. The molecule has 1 atom stereocenters. The molecule has 0 saturated heterocycles. The predicted octanol–water partition coefficient (Wildman–Crippen LogP) is 4.97. The summed E-state index contributed by atoms with van der Waals surface area (Å²) in [5.41, 5.74) is 1.14. The molecular weight excluding hydrogens is 388 g/mol. The van der Waals surface area contributed by atoms with E-state index in [2.05, 4.69) is 15.3 Å². The zero-order chi connectivity index (χ0) is 19.0. The zero-order valence-corrected chi connectivity index (χ0v) is 16.2. The van der Waals surface area contributed by atoms with Crippen LogP contribution in [0.5, 0.6) is 0 Å². The van der Waals surface area contributed by atoms with Gasteiger partial charge in [-0.3, -0.25) is 4.79 Å². The molecule has 3 aromatic rings. The van der Waals surface area contributed by atoms with E-state index in [1.54, 1.807) is 18.3 Å². The monoisotopic (exact) mass is 405 g/mol. The number of aromatic nitrogens is 2. The summed E-state index contributed by atoms with van der Waals surface area (Å²) < 4.78 is 27.1. The molecule has 0 saturated carbocycles. The largest absolute Gasteiger partial charge is 0.323 e. The number of hydrogen-bond donors (Lipinski definition) is 1. The van der Waals surface area contributed by atoms with Gasteiger partial charge in [-0.25, -0.2) is 18.7 Å². The number of thiophene rings is 1. The molecule has 2 heterocycles. The molecule has 140 valence electrons. The maximum absolute atomic E-state index is 13.8. The normalized spacial score (nSPS) is 14.8. The number of nitrogens with one attached hydrogen (secondary N) is 1. The Balaban J connectivity index is 1.57. The van der Waals surface area contributed by atoms with Crippen LogP contribution >= 0.6 is 23.1 Å². The number of benzene rings is 1. The van der Waals surface area contributed by atoms with Crippen molar-refractivity contribution in [3.05, 3.63) is 46.6 Å². The molecule has 4 nitrogen and oxygen atoms in total. The van der Waals surface area contributed by atoms with Crippen LogP contribution < -0.4 is 5.32 Å². The fraction of sp³-hybridized carbons (Fsp3) is 0.316. The first kappa shape index (κ1) is 18.3. The van der Waals surface area contributed by atoms with Gasteiger partial charge in [0.05, 0.1) is 10.9 Å². The number of anilines is 1. The van der Waals surface area contributed by atoms with Gasteiger partial charge >= 0.3 is 0 Å². The molecule has 0 bridgehead atoms. The third-order valence-corrected chi connectivity index (χ3v) is 6.86. The molecule has 0 unspecified atom stereocenters. The van der Waals surface area contributed by atoms with Crippen LogP contribution in [0.2, 0.25) is 0 Å². The Bertz CT molecular complexity index is 1020. The van der Waals surface area contributed by atoms with E-state index in [0.717, 1.165) is 52.7 Å². The van der Waals surface area contributed by atoms with Crippen LogP contribution in [0.1, 0.15) is 30.2 Å². The van der Waals surface area contributed by atoms with Gasteiger partial charge in [-0.05, 0) is 50.3 Å². The Labute approximate surface area is 163 Å². The summed E-state index contributed by atoms with van der Waals surface area (Å²) in [4.78, 5) is 23.6. The fourth-order valence-corrected chi connectivity index (χ4v) is 5.44. The van der Waals surface area contributed by atoms with Gasteiger partial charge in [0.2, 0.25) is 5.91 Å². The number of thioether (sulfide) groups is 1. The quantitative estimate of drug-likeness (QED) is 0.492. The molecule has 0 fully saturated rings. The van der Waals surface area contributed by atoms with E-state index in [4.69, 9.17) is 0 Å². The summed E-state index contributed by atoms with van der Waals surface area (Å²) in [6.45, 7) is 1.73. The molecule has 27 heavy (non-hydrogen) atoms. The lowest BCUT2D eigenvalue weighted by Gasteiger charge is -2.14. The van der Waals surface area contributed by atoms with E-state index in [0.29, 0.717) is 0 Å². The molecule has 1 amide bonds. The molecule has 0 aliphatic heterocycles. The highest BCUT2D eigenvalue weighted by atomic mass is 32.2. The minimum absolute atomic E-state index is 0.159. The van der Waals surface area contributed by atoms with Crippen molar-refractivity contribution in [3.8, 4) is 0 Å². The summed E-state index contributed by atoms with van der Waals surface area (Å²) in [7, 11) is 0. The predicted molar refractivity (Wildman–Crippen MR) is 104 cm³/mol. The second-order valence-electron chi connectivity index (χ2n) is 6.44. The highest BCUT2D eigenvalue weighted by molar-refractivity contribution is 8.00. The minimum atomic E-state index is -0.668. The molecule has 8 heteroatoms. The molecule has 0 spiro atoms. The number of hydrogen-bond acceptors (Lipinski definition) is 5. The van der Waals surface area contributed by atoms with E-state index >= 15 is 0 Å². The summed E-state index contributed by atoms with van der Waals surface area (Å²) in [6.07, 6.45) is 5.92. The van der Waals surface area contributed by atoms with Crippen LogP contribution in [-0.4, -0.2) is 21.1 Å². The number of carbonyl (C=O) groups is 1. The third-order valence-electron chi connectivity index (χ3n) is 4.56. The number of halogens is 2. The molecule has 1 aliphatic carbocycles. The maximum atomic E-state index is 13.8. The van der Waals surface area contributed by atoms with Gasteiger partial charge < -0.3 is 5.32 Å². The van der Waals surface area contributed by atoms with E-state index in [9.17, 15) is 13.6 Å². The van der Waals surface area contributed by atoms with Crippen LogP contribution in [0.3, 0.4) is 0 Å². The van der Waals surface area contributed by atoms with E-state index < -0.39 is 22.8 Å². The van der Waals surface area contributed by atoms with E-state index in [1.165, 1.54) is 35.0 Å². The Morgan fingerprint density at radius 1 is 1.26 bits per heavy atom. The number of aryl methyl sites for hydroxylation is 2. The first-order valence-electron chi connectivity index (χ1n) is 8.70.